The number of fused-ring (bicyclic) bond motifs is 1. The van der Waals surface area contributed by atoms with Gasteiger partial charge in [0.1, 0.15) is 5.75 Å². The number of aliphatic hydroxyl groups excluding tert-OH is 1. The van der Waals surface area contributed by atoms with Gasteiger partial charge in [0.2, 0.25) is 6.41 Å². The lowest BCUT2D eigenvalue weighted by atomic mass is 9.55. The van der Waals surface area contributed by atoms with E-state index in [9.17, 15) is 9.90 Å². The number of aliphatic hydroxyl groups is 1. The first-order valence-electron chi connectivity index (χ1n) is 14.3. The van der Waals surface area contributed by atoms with Crippen LogP contribution < -0.4 is 5.32 Å². The van der Waals surface area contributed by atoms with Crippen LogP contribution in [0.1, 0.15) is 77.8 Å². The Hall–Kier alpha value is -1.63. The van der Waals surface area contributed by atoms with Crippen molar-refractivity contribution in [2.24, 2.45) is 17.3 Å². The normalized spacial score (nSPS) is 30.0. The molecule has 4 rings (SSSR count). The average molecular weight is 502 g/mol. The molecule has 204 valence electrons. The number of likely N-dealkylation sites (N-methyl/N-ethyl adjacent to an activating group) is 1. The highest BCUT2D eigenvalue weighted by atomic mass is 16.3. The van der Waals surface area contributed by atoms with Gasteiger partial charge in [0.25, 0.3) is 0 Å². The van der Waals surface area contributed by atoms with Gasteiger partial charge in [0, 0.05) is 37.6 Å². The summed E-state index contributed by atoms with van der Waals surface area (Å²) in [4.78, 5) is 14.7. The Balaban J connectivity index is 0.000000280. The molecule has 0 radical (unpaired) electrons. The maximum Gasteiger partial charge on any atom is 0.207 e. The van der Waals surface area contributed by atoms with Crippen molar-refractivity contribution in [2.45, 2.75) is 84.6 Å². The molecular weight excluding hydrogens is 450 g/mol. The fraction of sp³-hybridized carbons (Fsp3) is 0.767. The van der Waals surface area contributed by atoms with E-state index in [1.807, 2.05) is 13.0 Å². The first kappa shape index (κ1) is 28.9. The second-order valence-electron chi connectivity index (χ2n) is 11.8. The van der Waals surface area contributed by atoms with Crippen LogP contribution in [0.2, 0.25) is 0 Å². The zero-order valence-corrected chi connectivity index (χ0v) is 23.4. The maximum absolute atomic E-state index is 10.3. The smallest absolute Gasteiger partial charge is 0.207 e. The molecule has 3 aliphatic rings. The molecule has 3 fully saturated rings. The van der Waals surface area contributed by atoms with Crippen LogP contribution in [0.3, 0.4) is 0 Å². The van der Waals surface area contributed by atoms with E-state index >= 15 is 0 Å². The standard InChI is InChI=1S/C23H35NO.C7H16N2O2/c1-5-19-8-9-20(25)12-21(19)23-10-11-24(15-18-6-7-18)17(3)22(23,4)13-16(2)14-23;1-2-9(5-6-10)4-3-8-7-11/h8-9,12,16-18,25H,5-7,10-11,13-15H2,1-4H3;7,10H,2-6H2,1H3,(H,8,11)/t16?,17?,22?,23-;/m1./s1. The van der Waals surface area contributed by atoms with Crippen molar-refractivity contribution in [3.63, 3.8) is 0 Å². The zero-order valence-electron chi connectivity index (χ0n) is 23.4. The number of aromatic hydroxyl groups is 1. The van der Waals surface area contributed by atoms with E-state index in [1.54, 1.807) is 0 Å². The van der Waals surface area contributed by atoms with E-state index in [0.717, 1.165) is 31.3 Å². The van der Waals surface area contributed by atoms with Gasteiger partial charge < -0.3 is 15.5 Å². The van der Waals surface area contributed by atoms with Gasteiger partial charge in [-0.15, -0.1) is 0 Å². The van der Waals surface area contributed by atoms with Crippen molar-refractivity contribution >= 4 is 6.41 Å². The molecule has 2 saturated carbocycles. The van der Waals surface area contributed by atoms with Gasteiger partial charge in [-0.25, -0.2) is 0 Å². The van der Waals surface area contributed by atoms with Crippen molar-refractivity contribution in [1.82, 2.24) is 15.1 Å². The molecule has 3 unspecified atom stereocenters. The van der Waals surface area contributed by atoms with E-state index in [4.69, 9.17) is 5.11 Å². The quantitative estimate of drug-likeness (QED) is 0.313. The highest BCUT2D eigenvalue weighted by molar-refractivity contribution is 5.45. The fourth-order valence-corrected chi connectivity index (χ4v) is 7.31. The molecular formula is C30H51N3O3. The number of carbonyl (C=O) groups is 1. The lowest BCUT2D eigenvalue weighted by molar-refractivity contribution is -0.109. The predicted octanol–water partition coefficient (Wildman–Crippen LogP) is 4.18. The second kappa shape index (κ2) is 12.7. The number of carbonyl (C=O) groups excluding carboxylic acids is 1. The minimum Gasteiger partial charge on any atom is -0.508 e. The van der Waals surface area contributed by atoms with Gasteiger partial charge in [-0.1, -0.05) is 33.8 Å². The molecule has 0 aromatic heterocycles. The minimum absolute atomic E-state index is 0.176. The Labute approximate surface area is 219 Å². The third kappa shape index (κ3) is 6.25. The maximum atomic E-state index is 10.3. The number of phenolic OH excluding ortho intramolecular Hbond substituents is 1. The summed E-state index contributed by atoms with van der Waals surface area (Å²) in [5.41, 5.74) is 3.44. The molecule has 1 aliphatic heterocycles. The van der Waals surface area contributed by atoms with Gasteiger partial charge in [-0.3, -0.25) is 14.6 Å². The van der Waals surface area contributed by atoms with Crippen molar-refractivity contribution in [1.29, 1.82) is 0 Å². The molecule has 4 atom stereocenters. The van der Waals surface area contributed by atoms with Crippen LogP contribution in [0.4, 0.5) is 0 Å². The Morgan fingerprint density at radius 1 is 1.19 bits per heavy atom. The summed E-state index contributed by atoms with van der Waals surface area (Å²) in [7, 11) is 0. The highest BCUT2D eigenvalue weighted by Gasteiger charge is 2.61. The van der Waals surface area contributed by atoms with Gasteiger partial charge in [0.05, 0.1) is 6.61 Å². The predicted molar refractivity (Wildman–Crippen MR) is 147 cm³/mol. The highest BCUT2D eigenvalue weighted by Crippen LogP contribution is 2.63. The monoisotopic (exact) mass is 501 g/mol. The van der Waals surface area contributed by atoms with Crippen LogP contribution in [0.25, 0.3) is 0 Å². The van der Waals surface area contributed by atoms with Crippen molar-refractivity contribution < 1.29 is 15.0 Å². The van der Waals surface area contributed by atoms with Crippen LogP contribution in [-0.2, 0) is 16.6 Å². The number of benzene rings is 1. The summed E-state index contributed by atoms with van der Waals surface area (Å²) >= 11 is 0. The summed E-state index contributed by atoms with van der Waals surface area (Å²) in [6, 6.07) is 6.78. The Morgan fingerprint density at radius 3 is 2.56 bits per heavy atom. The van der Waals surface area contributed by atoms with E-state index in [0.29, 0.717) is 36.7 Å². The largest absolute Gasteiger partial charge is 0.508 e. The summed E-state index contributed by atoms with van der Waals surface area (Å²) in [5.74, 6) is 2.17. The first-order chi connectivity index (χ1) is 17.2. The van der Waals surface area contributed by atoms with Crippen LogP contribution in [-0.4, -0.2) is 78.3 Å². The topological polar surface area (TPSA) is 76.0 Å². The van der Waals surface area contributed by atoms with E-state index in [-0.39, 0.29) is 12.0 Å². The van der Waals surface area contributed by atoms with Crippen LogP contribution in [0.15, 0.2) is 18.2 Å². The first-order valence-corrected chi connectivity index (χ1v) is 14.3. The average Bonchev–Trinajstić information content (AvgIpc) is 3.63. The number of phenols is 1. The molecule has 6 nitrogen and oxygen atoms in total. The summed E-state index contributed by atoms with van der Waals surface area (Å²) in [5, 5.41) is 21.4. The Morgan fingerprint density at radius 2 is 1.94 bits per heavy atom. The number of aryl methyl sites for hydroxylation is 1. The van der Waals surface area contributed by atoms with Crippen molar-refractivity contribution in [3.8, 4) is 5.75 Å². The molecule has 1 aromatic carbocycles. The minimum atomic E-state index is 0.176. The number of nitrogens with zero attached hydrogens (tertiary/aromatic N) is 2. The number of likely N-dealkylation sites (tertiary alicyclic amines) is 1. The summed E-state index contributed by atoms with van der Waals surface area (Å²) in [6.07, 6.45) is 8.47. The van der Waals surface area contributed by atoms with Gasteiger partial charge in [-0.2, -0.15) is 0 Å². The number of hydrogen-bond acceptors (Lipinski definition) is 5. The summed E-state index contributed by atoms with van der Waals surface area (Å²) < 4.78 is 0. The second-order valence-corrected chi connectivity index (χ2v) is 11.8. The molecule has 0 spiro atoms. The molecule has 1 amide bonds. The van der Waals surface area contributed by atoms with Crippen molar-refractivity contribution in [2.75, 3.05) is 45.9 Å². The molecule has 36 heavy (non-hydrogen) atoms. The molecule has 3 N–H and O–H groups in total. The third-order valence-electron chi connectivity index (χ3n) is 9.56. The lowest BCUT2D eigenvalue weighted by Crippen LogP contribution is -2.59. The number of rotatable bonds is 11. The molecule has 1 aromatic rings. The molecule has 0 bridgehead atoms. The molecule has 6 heteroatoms. The Bertz CT molecular complexity index is 845. The van der Waals surface area contributed by atoms with E-state index in [1.165, 1.54) is 56.3 Å². The molecule has 1 heterocycles. The SMILES string of the molecule is CCN(CCO)CCNC=O.CCc1ccc(O)cc1[C@]12CCN(CC3CC3)C(C)C1(C)CC(C)C2. The van der Waals surface area contributed by atoms with Gasteiger partial charge in [0.15, 0.2) is 0 Å². The van der Waals surface area contributed by atoms with Crippen LogP contribution in [0, 0.1) is 17.3 Å². The molecule has 1 saturated heterocycles. The summed E-state index contributed by atoms with van der Waals surface area (Å²) in [6.45, 7) is 17.5. The zero-order chi connectivity index (χ0) is 26.3. The number of hydrogen-bond donors (Lipinski definition) is 3. The third-order valence-corrected chi connectivity index (χ3v) is 9.56. The fourth-order valence-electron chi connectivity index (χ4n) is 7.31. The van der Waals surface area contributed by atoms with Gasteiger partial charge >= 0.3 is 0 Å². The Kier molecular flexibility index (Phi) is 10.2. The van der Waals surface area contributed by atoms with Crippen molar-refractivity contribution in [3.05, 3.63) is 29.3 Å². The van der Waals surface area contributed by atoms with Crippen LogP contribution in [0.5, 0.6) is 5.75 Å². The van der Waals surface area contributed by atoms with E-state index < -0.39 is 0 Å². The number of piperidine rings is 1. The number of amides is 1. The van der Waals surface area contributed by atoms with Crippen LogP contribution >= 0.6 is 0 Å². The van der Waals surface area contributed by atoms with Gasteiger partial charge in [-0.05, 0) is 99.0 Å². The van der Waals surface area contributed by atoms with E-state index in [2.05, 4.69) is 54.9 Å². The lowest BCUT2D eigenvalue weighted by Gasteiger charge is -2.57. The number of nitrogens with one attached hydrogen (secondary N) is 1. The molecule has 2 aliphatic carbocycles.